The summed E-state index contributed by atoms with van der Waals surface area (Å²) in [5, 5.41) is 3.65. The average molecular weight is 414 g/mol. The van der Waals surface area contributed by atoms with Gasteiger partial charge >= 0.3 is 0 Å². The number of rotatable bonds is 5. The standard InChI is InChI=1S/C17H15Cl3N4O2/c18-12-5-4-10(9-13(12)19)23-24-16(26)17(6-2-7-17)22-15(25)11-3-1-8-21-14(11)20/h1,3-5,8-9,23H,2,6-7H2,(H,22,25)(H,24,26). The number of hydrogen-bond donors (Lipinski definition) is 3. The van der Waals surface area contributed by atoms with Crippen LogP contribution in [0.1, 0.15) is 29.6 Å². The van der Waals surface area contributed by atoms with Crippen LogP contribution >= 0.6 is 34.8 Å². The van der Waals surface area contributed by atoms with Crippen LogP contribution in [-0.4, -0.2) is 22.3 Å². The summed E-state index contributed by atoms with van der Waals surface area (Å²) < 4.78 is 0. The molecule has 3 rings (SSSR count). The highest BCUT2D eigenvalue weighted by Crippen LogP contribution is 2.33. The van der Waals surface area contributed by atoms with E-state index in [1.807, 2.05) is 0 Å². The number of hydrogen-bond acceptors (Lipinski definition) is 4. The molecule has 1 aliphatic rings. The number of nitrogens with one attached hydrogen (secondary N) is 3. The van der Waals surface area contributed by atoms with E-state index in [-0.39, 0.29) is 16.6 Å². The summed E-state index contributed by atoms with van der Waals surface area (Å²) in [5.41, 5.74) is 5.20. The summed E-state index contributed by atoms with van der Waals surface area (Å²) >= 11 is 17.8. The van der Waals surface area contributed by atoms with E-state index in [0.717, 1.165) is 6.42 Å². The van der Waals surface area contributed by atoms with Crippen molar-refractivity contribution in [3.8, 4) is 0 Å². The first-order chi connectivity index (χ1) is 12.4. The molecule has 3 N–H and O–H groups in total. The van der Waals surface area contributed by atoms with E-state index in [1.165, 1.54) is 6.20 Å². The second kappa shape index (κ2) is 7.70. The van der Waals surface area contributed by atoms with Crippen molar-refractivity contribution in [2.75, 3.05) is 5.43 Å². The molecule has 1 aromatic heterocycles. The molecule has 1 saturated carbocycles. The molecule has 136 valence electrons. The second-order valence-electron chi connectivity index (χ2n) is 5.94. The van der Waals surface area contributed by atoms with Crippen LogP contribution in [0.15, 0.2) is 36.5 Å². The summed E-state index contributed by atoms with van der Waals surface area (Å²) in [5.74, 6) is -0.782. The average Bonchev–Trinajstić information content (AvgIpc) is 2.59. The molecule has 2 amide bonds. The molecule has 0 saturated heterocycles. The first kappa shape index (κ1) is 18.8. The zero-order valence-electron chi connectivity index (χ0n) is 13.5. The van der Waals surface area contributed by atoms with Gasteiger partial charge in [-0.3, -0.25) is 20.4 Å². The zero-order chi connectivity index (χ0) is 18.7. The second-order valence-corrected chi connectivity index (χ2v) is 7.11. The molecular weight excluding hydrogens is 399 g/mol. The number of amides is 2. The number of pyridine rings is 1. The SMILES string of the molecule is O=C(NC1(C(=O)NNc2ccc(Cl)c(Cl)c2)CCC1)c1cccnc1Cl. The number of halogens is 3. The monoisotopic (exact) mass is 412 g/mol. The number of carbonyl (C=O) groups is 2. The summed E-state index contributed by atoms with van der Waals surface area (Å²) in [4.78, 5) is 29.0. The Morgan fingerprint density at radius 3 is 2.46 bits per heavy atom. The van der Waals surface area contributed by atoms with Gasteiger partial charge in [0.05, 0.1) is 21.3 Å². The van der Waals surface area contributed by atoms with Crippen molar-refractivity contribution in [1.82, 2.24) is 15.7 Å². The Balaban J connectivity index is 1.67. The number of hydrazine groups is 1. The molecule has 2 aromatic rings. The van der Waals surface area contributed by atoms with E-state index in [9.17, 15) is 9.59 Å². The predicted molar refractivity (Wildman–Crippen MR) is 102 cm³/mol. The first-order valence-electron chi connectivity index (χ1n) is 7.86. The molecule has 0 aliphatic heterocycles. The molecule has 26 heavy (non-hydrogen) atoms. The van der Waals surface area contributed by atoms with Gasteiger partial charge in [-0.15, -0.1) is 0 Å². The minimum atomic E-state index is -0.987. The Morgan fingerprint density at radius 2 is 1.85 bits per heavy atom. The van der Waals surface area contributed by atoms with Crippen LogP contribution in [0.2, 0.25) is 15.2 Å². The van der Waals surface area contributed by atoms with Crippen LogP contribution < -0.4 is 16.2 Å². The highest BCUT2D eigenvalue weighted by Gasteiger charge is 2.45. The lowest BCUT2D eigenvalue weighted by Gasteiger charge is -2.40. The van der Waals surface area contributed by atoms with Crippen molar-refractivity contribution in [3.05, 3.63) is 57.3 Å². The highest BCUT2D eigenvalue weighted by atomic mass is 35.5. The molecule has 1 heterocycles. The summed E-state index contributed by atoms with van der Waals surface area (Å²) in [7, 11) is 0. The van der Waals surface area contributed by atoms with E-state index in [1.54, 1.807) is 30.3 Å². The molecule has 0 atom stereocenters. The summed E-state index contributed by atoms with van der Waals surface area (Å²) in [6, 6.07) is 8.05. The molecule has 0 spiro atoms. The quantitative estimate of drug-likeness (QED) is 0.514. The van der Waals surface area contributed by atoms with Gasteiger partial charge in [-0.05, 0) is 49.6 Å². The number of anilines is 1. The zero-order valence-corrected chi connectivity index (χ0v) is 15.8. The van der Waals surface area contributed by atoms with E-state index < -0.39 is 11.4 Å². The molecule has 0 radical (unpaired) electrons. The molecule has 1 fully saturated rings. The van der Waals surface area contributed by atoms with E-state index >= 15 is 0 Å². The van der Waals surface area contributed by atoms with Crippen LogP contribution in [0.4, 0.5) is 5.69 Å². The van der Waals surface area contributed by atoms with Crippen LogP contribution in [0.5, 0.6) is 0 Å². The number of aromatic nitrogens is 1. The fourth-order valence-corrected chi connectivity index (χ4v) is 3.10. The number of benzene rings is 1. The lowest BCUT2D eigenvalue weighted by molar-refractivity contribution is -0.130. The van der Waals surface area contributed by atoms with Gasteiger partial charge in [0.25, 0.3) is 11.8 Å². The predicted octanol–water partition coefficient (Wildman–Crippen LogP) is 3.84. The first-order valence-corrected chi connectivity index (χ1v) is 8.99. The molecule has 1 aromatic carbocycles. The van der Waals surface area contributed by atoms with Crippen molar-refractivity contribution < 1.29 is 9.59 Å². The molecule has 9 heteroatoms. The smallest absolute Gasteiger partial charge is 0.264 e. The minimum Gasteiger partial charge on any atom is -0.337 e. The topological polar surface area (TPSA) is 83.1 Å². The van der Waals surface area contributed by atoms with Crippen molar-refractivity contribution in [2.45, 2.75) is 24.8 Å². The van der Waals surface area contributed by atoms with Gasteiger partial charge in [-0.2, -0.15) is 0 Å². The van der Waals surface area contributed by atoms with Gasteiger partial charge in [0, 0.05) is 6.20 Å². The lowest BCUT2D eigenvalue weighted by atomic mass is 9.76. The lowest BCUT2D eigenvalue weighted by Crippen LogP contribution is -2.63. The molecular formula is C17H15Cl3N4O2. The van der Waals surface area contributed by atoms with Crippen LogP contribution in [0.25, 0.3) is 0 Å². The van der Waals surface area contributed by atoms with Gasteiger partial charge in [0.1, 0.15) is 10.7 Å². The molecule has 6 nitrogen and oxygen atoms in total. The van der Waals surface area contributed by atoms with E-state index in [2.05, 4.69) is 21.2 Å². The molecule has 0 unspecified atom stereocenters. The van der Waals surface area contributed by atoms with Gasteiger partial charge in [0.2, 0.25) is 0 Å². The highest BCUT2D eigenvalue weighted by molar-refractivity contribution is 6.42. The van der Waals surface area contributed by atoms with Crippen molar-refractivity contribution in [3.63, 3.8) is 0 Å². The maximum absolute atomic E-state index is 12.6. The maximum atomic E-state index is 12.6. The van der Waals surface area contributed by atoms with Gasteiger partial charge in [0.15, 0.2) is 0 Å². The number of nitrogens with zero attached hydrogens (tertiary/aromatic N) is 1. The minimum absolute atomic E-state index is 0.0915. The largest absolute Gasteiger partial charge is 0.337 e. The Morgan fingerprint density at radius 1 is 1.08 bits per heavy atom. The van der Waals surface area contributed by atoms with Gasteiger partial charge in [-0.1, -0.05) is 34.8 Å². The van der Waals surface area contributed by atoms with Gasteiger partial charge in [-0.25, -0.2) is 4.98 Å². The Bertz CT molecular complexity index is 856. The van der Waals surface area contributed by atoms with Crippen LogP contribution in [0, 0.1) is 0 Å². The normalized spacial score (nSPS) is 14.9. The van der Waals surface area contributed by atoms with Crippen molar-refractivity contribution in [2.24, 2.45) is 0 Å². The Kier molecular flexibility index (Phi) is 5.55. The Labute approximate surface area is 165 Å². The van der Waals surface area contributed by atoms with Gasteiger partial charge < -0.3 is 5.32 Å². The molecule has 1 aliphatic carbocycles. The number of carbonyl (C=O) groups excluding carboxylic acids is 2. The van der Waals surface area contributed by atoms with E-state index in [0.29, 0.717) is 28.6 Å². The molecule has 0 bridgehead atoms. The van der Waals surface area contributed by atoms with Crippen LogP contribution in [0.3, 0.4) is 0 Å². The third-order valence-corrected chi connectivity index (χ3v) is 5.28. The van der Waals surface area contributed by atoms with Crippen molar-refractivity contribution >= 4 is 52.3 Å². The van der Waals surface area contributed by atoms with Crippen LogP contribution in [-0.2, 0) is 4.79 Å². The maximum Gasteiger partial charge on any atom is 0.264 e. The summed E-state index contributed by atoms with van der Waals surface area (Å²) in [6.07, 6.45) is 3.39. The van der Waals surface area contributed by atoms with Crippen molar-refractivity contribution in [1.29, 1.82) is 0 Å². The third-order valence-electron chi connectivity index (χ3n) is 4.24. The fraction of sp³-hybridized carbons (Fsp3) is 0.235. The summed E-state index contributed by atoms with van der Waals surface area (Å²) in [6.45, 7) is 0. The van der Waals surface area contributed by atoms with E-state index in [4.69, 9.17) is 34.8 Å². The third kappa shape index (κ3) is 3.87. The fourth-order valence-electron chi connectivity index (χ4n) is 2.60. The Hall–Kier alpha value is -2.02.